The maximum atomic E-state index is 13.4. The van der Waals surface area contributed by atoms with Gasteiger partial charge in [0.25, 0.3) is 0 Å². The summed E-state index contributed by atoms with van der Waals surface area (Å²) in [5, 5.41) is 8.87. The summed E-state index contributed by atoms with van der Waals surface area (Å²) < 4.78 is 13.4. The Morgan fingerprint density at radius 1 is 1.50 bits per heavy atom. The van der Waals surface area contributed by atoms with Gasteiger partial charge in [0.05, 0.1) is 11.5 Å². The first-order valence-corrected chi connectivity index (χ1v) is 4.38. The maximum absolute atomic E-state index is 13.4. The van der Waals surface area contributed by atoms with Crippen LogP contribution in [-0.2, 0) is 5.41 Å². The lowest BCUT2D eigenvalue weighted by atomic mass is 9.96. The number of carbonyl (C=O) groups is 1. The second-order valence-corrected chi connectivity index (χ2v) is 3.55. The third kappa shape index (κ3) is 1.20. The lowest BCUT2D eigenvalue weighted by molar-refractivity contribution is 0.112. The molecule has 70 valence electrons. The van der Waals surface area contributed by atoms with E-state index in [1.807, 2.05) is 0 Å². The number of nitriles is 1. The molecule has 2 nitrogen and oxygen atoms in total. The van der Waals surface area contributed by atoms with Crippen LogP contribution >= 0.6 is 0 Å². The van der Waals surface area contributed by atoms with Crippen molar-refractivity contribution in [1.82, 2.24) is 0 Å². The largest absolute Gasteiger partial charge is 0.298 e. The van der Waals surface area contributed by atoms with E-state index in [2.05, 4.69) is 6.07 Å². The number of nitrogens with zero attached hydrogens (tertiary/aromatic N) is 1. The quantitative estimate of drug-likeness (QED) is 0.669. The standard InChI is InChI=1S/C11H8FNO/c12-10-5-8(6-14)1-2-9(10)11(7-13)3-4-11/h1-2,5-6H,3-4H2. The summed E-state index contributed by atoms with van der Waals surface area (Å²) in [5.74, 6) is -0.450. The molecule has 0 bridgehead atoms. The lowest BCUT2D eigenvalue weighted by Crippen LogP contribution is -2.06. The van der Waals surface area contributed by atoms with Crippen LogP contribution in [0.5, 0.6) is 0 Å². The van der Waals surface area contributed by atoms with Crippen LogP contribution < -0.4 is 0 Å². The summed E-state index contributed by atoms with van der Waals surface area (Å²) in [6.45, 7) is 0. The Hall–Kier alpha value is -1.69. The van der Waals surface area contributed by atoms with E-state index in [0.29, 0.717) is 30.3 Å². The molecule has 0 atom stereocenters. The van der Waals surface area contributed by atoms with Gasteiger partial charge in [-0.15, -0.1) is 0 Å². The number of benzene rings is 1. The van der Waals surface area contributed by atoms with Crippen LogP contribution in [0.4, 0.5) is 4.39 Å². The summed E-state index contributed by atoms with van der Waals surface area (Å²) in [6, 6.07) is 6.38. The molecule has 1 aliphatic rings. The molecule has 0 amide bonds. The fourth-order valence-corrected chi connectivity index (χ4v) is 1.56. The van der Waals surface area contributed by atoms with Gasteiger partial charge in [0.15, 0.2) is 0 Å². The van der Waals surface area contributed by atoms with Crippen LogP contribution in [0, 0.1) is 17.1 Å². The number of hydrogen-bond acceptors (Lipinski definition) is 2. The van der Waals surface area contributed by atoms with Crippen LogP contribution in [0.1, 0.15) is 28.8 Å². The van der Waals surface area contributed by atoms with Crippen molar-refractivity contribution in [2.45, 2.75) is 18.3 Å². The summed E-state index contributed by atoms with van der Waals surface area (Å²) in [6.07, 6.45) is 2.01. The maximum Gasteiger partial charge on any atom is 0.150 e. The molecule has 1 aromatic carbocycles. The number of hydrogen-bond donors (Lipinski definition) is 0. The van der Waals surface area contributed by atoms with E-state index in [1.165, 1.54) is 12.1 Å². The smallest absolute Gasteiger partial charge is 0.150 e. The average Bonchev–Trinajstić information content (AvgIpc) is 2.98. The minimum Gasteiger partial charge on any atom is -0.298 e. The molecule has 0 N–H and O–H groups in total. The van der Waals surface area contributed by atoms with Gasteiger partial charge in [-0.05, 0) is 18.9 Å². The molecule has 1 aromatic rings. The third-order valence-electron chi connectivity index (χ3n) is 2.61. The number of halogens is 1. The monoisotopic (exact) mass is 189 g/mol. The van der Waals surface area contributed by atoms with Gasteiger partial charge >= 0.3 is 0 Å². The second-order valence-electron chi connectivity index (χ2n) is 3.55. The number of aldehydes is 1. The summed E-state index contributed by atoms with van der Waals surface area (Å²) >= 11 is 0. The Balaban J connectivity index is 2.47. The van der Waals surface area contributed by atoms with Gasteiger partial charge in [-0.3, -0.25) is 4.79 Å². The van der Waals surface area contributed by atoms with Crippen molar-refractivity contribution in [3.63, 3.8) is 0 Å². The Bertz CT molecular complexity index is 429. The van der Waals surface area contributed by atoms with Gasteiger partial charge < -0.3 is 0 Å². The van der Waals surface area contributed by atoms with E-state index in [4.69, 9.17) is 5.26 Å². The highest BCUT2D eigenvalue weighted by molar-refractivity contribution is 5.75. The molecule has 0 unspecified atom stereocenters. The first-order chi connectivity index (χ1) is 6.72. The van der Waals surface area contributed by atoms with Crippen molar-refractivity contribution in [3.05, 3.63) is 35.1 Å². The molecule has 1 saturated carbocycles. The SMILES string of the molecule is N#CC1(c2ccc(C=O)cc2F)CC1. The molecule has 1 aliphatic carbocycles. The topological polar surface area (TPSA) is 40.9 Å². The van der Waals surface area contributed by atoms with Crippen LogP contribution in [-0.4, -0.2) is 6.29 Å². The van der Waals surface area contributed by atoms with Gasteiger partial charge in [0.1, 0.15) is 12.1 Å². The van der Waals surface area contributed by atoms with Gasteiger partial charge in [-0.1, -0.05) is 12.1 Å². The van der Waals surface area contributed by atoms with E-state index in [0.717, 1.165) is 0 Å². The zero-order valence-corrected chi connectivity index (χ0v) is 7.46. The summed E-state index contributed by atoms with van der Waals surface area (Å²) in [7, 11) is 0. The molecule has 2 rings (SSSR count). The highest BCUT2D eigenvalue weighted by Gasteiger charge is 2.46. The molecule has 0 aromatic heterocycles. The van der Waals surface area contributed by atoms with Crippen LogP contribution in [0.2, 0.25) is 0 Å². The van der Waals surface area contributed by atoms with Crippen molar-refractivity contribution < 1.29 is 9.18 Å². The molecule has 0 spiro atoms. The molecular formula is C11H8FNO. The lowest BCUT2D eigenvalue weighted by Gasteiger charge is -2.07. The van der Waals surface area contributed by atoms with Crippen molar-refractivity contribution in [3.8, 4) is 6.07 Å². The van der Waals surface area contributed by atoms with Crippen LogP contribution in [0.25, 0.3) is 0 Å². The van der Waals surface area contributed by atoms with Crippen molar-refractivity contribution in [2.75, 3.05) is 0 Å². The zero-order chi connectivity index (χ0) is 10.2. The number of carbonyl (C=O) groups excluding carboxylic acids is 1. The molecule has 0 heterocycles. The minimum absolute atomic E-state index is 0.306. The minimum atomic E-state index is -0.620. The Morgan fingerprint density at radius 2 is 2.21 bits per heavy atom. The van der Waals surface area contributed by atoms with Gasteiger partial charge in [-0.25, -0.2) is 4.39 Å². The van der Waals surface area contributed by atoms with Crippen molar-refractivity contribution in [2.24, 2.45) is 0 Å². The summed E-state index contributed by atoms with van der Waals surface area (Å²) in [4.78, 5) is 10.4. The number of rotatable bonds is 2. The molecule has 1 fully saturated rings. The van der Waals surface area contributed by atoms with E-state index >= 15 is 0 Å². The summed E-state index contributed by atoms with van der Waals surface area (Å²) in [5.41, 5.74) is 0.108. The van der Waals surface area contributed by atoms with E-state index in [9.17, 15) is 9.18 Å². The molecule has 0 radical (unpaired) electrons. The highest BCUT2D eigenvalue weighted by atomic mass is 19.1. The average molecular weight is 189 g/mol. The van der Waals surface area contributed by atoms with Crippen molar-refractivity contribution >= 4 is 6.29 Å². The molecule has 0 aliphatic heterocycles. The normalized spacial score (nSPS) is 17.1. The third-order valence-corrected chi connectivity index (χ3v) is 2.61. The zero-order valence-electron chi connectivity index (χ0n) is 7.46. The van der Waals surface area contributed by atoms with Crippen molar-refractivity contribution in [1.29, 1.82) is 5.26 Å². The van der Waals surface area contributed by atoms with Gasteiger partial charge in [-0.2, -0.15) is 5.26 Å². The van der Waals surface area contributed by atoms with Gasteiger partial charge in [0.2, 0.25) is 0 Å². The van der Waals surface area contributed by atoms with E-state index in [-0.39, 0.29) is 0 Å². The predicted molar refractivity (Wildman–Crippen MR) is 48.3 cm³/mol. The Kier molecular flexibility index (Phi) is 1.85. The molecule has 3 heteroatoms. The predicted octanol–water partition coefficient (Wildman–Crippen LogP) is 2.19. The molecular weight excluding hydrogens is 181 g/mol. The molecule has 0 saturated heterocycles. The first-order valence-electron chi connectivity index (χ1n) is 4.38. The Labute approximate surface area is 81.0 Å². The highest BCUT2D eigenvalue weighted by Crippen LogP contribution is 2.48. The Morgan fingerprint density at radius 3 is 2.64 bits per heavy atom. The second kappa shape index (κ2) is 2.91. The van der Waals surface area contributed by atoms with E-state index < -0.39 is 11.2 Å². The van der Waals surface area contributed by atoms with Crippen LogP contribution in [0.3, 0.4) is 0 Å². The van der Waals surface area contributed by atoms with E-state index in [1.54, 1.807) is 6.07 Å². The fourth-order valence-electron chi connectivity index (χ4n) is 1.56. The van der Waals surface area contributed by atoms with Crippen LogP contribution in [0.15, 0.2) is 18.2 Å². The fraction of sp³-hybridized carbons (Fsp3) is 0.273. The molecule has 14 heavy (non-hydrogen) atoms. The van der Waals surface area contributed by atoms with Gasteiger partial charge in [0, 0.05) is 11.1 Å². The first kappa shape index (κ1) is 8.89.